The Morgan fingerprint density at radius 3 is 1.74 bits per heavy atom. The molecule has 1 heterocycles. The monoisotopic (exact) mass is 401 g/mol. The van der Waals surface area contributed by atoms with Crippen LogP contribution < -0.4 is 0 Å². The van der Waals surface area contributed by atoms with Crippen LogP contribution in [-0.2, 0) is 0 Å². The number of pyridine rings is 1. The Labute approximate surface area is 158 Å². The summed E-state index contributed by atoms with van der Waals surface area (Å²) in [6, 6.07) is 14.4. The molecule has 0 fully saturated rings. The van der Waals surface area contributed by atoms with Gasteiger partial charge in [-0.1, -0.05) is 82.3 Å². The fourth-order valence-corrected chi connectivity index (χ4v) is 3.25. The second-order valence-electron chi connectivity index (χ2n) is 4.74. The van der Waals surface area contributed by atoms with Crippen LogP contribution in [0.4, 0.5) is 0 Å². The van der Waals surface area contributed by atoms with E-state index in [9.17, 15) is 0 Å². The molecule has 0 unspecified atom stereocenters. The van der Waals surface area contributed by atoms with Gasteiger partial charge in [-0.2, -0.15) is 0 Å². The molecule has 2 aromatic carbocycles. The molecule has 0 saturated heterocycles. The maximum absolute atomic E-state index is 6.34. The summed E-state index contributed by atoms with van der Waals surface area (Å²) in [5.74, 6) is 0. The molecule has 3 rings (SSSR count). The Balaban J connectivity index is 2.12. The van der Waals surface area contributed by atoms with Crippen LogP contribution in [0.2, 0.25) is 25.2 Å². The first kappa shape index (κ1) is 16.9. The molecule has 0 amide bonds. The minimum absolute atomic E-state index is 0.308. The average Bonchev–Trinajstić information content (AvgIpc) is 2.53. The minimum atomic E-state index is 0.308. The molecule has 0 atom stereocenters. The third kappa shape index (κ3) is 3.31. The van der Waals surface area contributed by atoms with Crippen molar-refractivity contribution in [3.05, 3.63) is 73.8 Å². The van der Waals surface area contributed by atoms with Crippen LogP contribution in [0, 0.1) is 0 Å². The fraction of sp³-hybridized carbons (Fsp3) is 0. The maximum Gasteiger partial charge on any atom is 0.137 e. The van der Waals surface area contributed by atoms with Crippen LogP contribution >= 0.6 is 58.0 Å². The summed E-state index contributed by atoms with van der Waals surface area (Å²) in [4.78, 5) is 4.41. The van der Waals surface area contributed by atoms with E-state index in [4.69, 9.17) is 58.0 Å². The molecule has 3 aromatic rings. The summed E-state index contributed by atoms with van der Waals surface area (Å²) in [6.07, 6.45) is 0. The van der Waals surface area contributed by atoms with E-state index in [1.807, 2.05) is 30.3 Å². The van der Waals surface area contributed by atoms with E-state index in [1.165, 1.54) is 0 Å². The molecule has 0 saturated carbocycles. The van der Waals surface area contributed by atoms with E-state index in [2.05, 4.69) is 4.98 Å². The van der Waals surface area contributed by atoms with Gasteiger partial charge in [0.05, 0.1) is 25.8 Å². The van der Waals surface area contributed by atoms with Crippen molar-refractivity contribution in [2.75, 3.05) is 0 Å². The van der Waals surface area contributed by atoms with E-state index in [0.29, 0.717) is 42.1 Å². The van der Waals surface area contributed by atoms with Crippen molar-refractivity contribution in [1.29, 1.82) is 0 Å². The number of hydrogen-bond acceptors (Lipinski definition) is 1. The number of nitrogens with zero attached hydrogens (tertiary/aromatic N) is 1. The highest BCUT2D eigenvalue weighted by molar-refractivity contribution is 6.44. The molecule has 6 heteroatoms. The van der Waals surface area contributed by atoms with Crippen LogP contribution in [0.1, 0.15) is 0 Å². The molecule has 0 spiro atoms. The zero-order valence-electron chi connectivity index (χ0n) is 11.5. The minimum Gasteiger partial charge on any atom is -0.235 e. The molecule has 1 nitrogen and oxygen atoms in total. The van der Waals surface area contributed by atoms with Gasteiger partial charge in [0.25, 0.3) is 0 Å². The van der Waals surface area contributed by atoms with Gasteiger partial charge in [-0.05, 0) is 24.3 Å². The Morgan fingerprint density at radius 1 is 0.565 bits per heavy atom. The van der Waals surface area contributed by atoms with E-state index < -0.39 is 0 Å². The third-order valence-corrected chi connectivity index (χ3v) is 5.24. The molecule has 0 N–H and O–H groups in total. The average molecular weight is 404 g/mol. The molecule has 23 heavy (non-hydrogen) atoms. The zero-order valence-corrected chi connectivity index (χ0v) is 15.2. The maximum atomic E-state index is 6.34. The summed E-state index contributed by atoms with van der Waals surface area (Å²) in [7, 11) is 0. The van der Waals surface area contributed by atoms with Gasteiger partial charge in [-0.3, -0.25) is 0 Å². The summed E-state index contributed by atoms with van der Waals surface area (Å²) >= 11 is 30.9. The Kier molecular flexibility index (Phi) is 5.05. The number of benzene rings is 2. The molecule has 0 aliphatic rings. The van der Waals surface area contributed by atoms with Crippen LogP contribution in [-0.4, -0.2) is 4.98 Å². The topological polar surface area (TPSA) is 12.9 Å². The Bertz CT molecular complexity index is 892. The van der Waals surface area contributed by atoms with Crippen molar-refractivity contribution in [2.45, 2.75) is 0 Å². The number of aromatic nitrogens is 1. The van der Waals surface area contributed by atoms with Crippen LogP contribution in [0.25, 0.3) is 22.4 Å². The van der Waals surface area contributed by atoms with E-state index in [1.54, 1.807) is 18.2 Å². The molecule has 1 aromatic heterocycles. The Morgan fingerprint density at radius 2 is 1.13 bits per heavy atom. The van der Waals surface area contributed by atoms with Crippen LogP contribution in [0.15, 0.2) is 48.5 Å². The standard InChI is InChI=1S/C17H8Cl5N/c18-12-5-1-3-9(15(12)20)10-7-8-14(23-17(10)22)11-4-2-6-13(19)16(11)21/h1-8H. The first-order valence-corrected chi connectivity index (χ1v) is 8.43. The first-order chi connectivity index (χ1) is 11.0. The molecule has 0 bridgehead atoms. The molecular formula is C17H8Cl5N. The van der Waals surface area contributed by atoms with Gasteiger partial charge < -0.3 is 0 Å². The molecule has 0 aliphatic carbocycles. The summed E-state index contributed by atoms with van der Waals surface area (Å²) in [5, 5.41) is 2.10. The third-order valence-electron chi connectivity index (χ3n) is 3.32. The highest BCUT2D eigenvalue weighted by Gasteiger charge is 2.14. The largest absolute Gasteiger partial charge is 0.235 e. The lowest BCUT2D eigenvalue weighted by molar-refractivity contribution is 1.32. The van der Waals surface area contributed by atoms with Crippen molar-refractivity contribution < 1.29 is 0 Å². The highest BCUT2D eigenvalue weighted by Crippen LogP contribution is 2.38. The molecule has 0 aliphatic heterocycles. The highest BCUT2D eigenvalue weighted by atomic mass is 35.5. The van der Waals surface area contributed by atoms with E-state index in [0.717, 1.165) is 5.56 Å². The van der Waals surface area contributed by atoms with Gasteiger partial charge in [0, 0.05) is 16.7 Å². The summed E-state index contributed by atoms with van der Waals surface area (Å²) < 4.78 is 0. The van der Waals surface area contributed by atoms with Gasteiger partial charge in [-0.25, -0.2) is 4.98 Å². The second kappa shape index (κ2) is 6.88. The number of rotatable bonds is 2. The van der Waals surface area contributed by atoms with Gasteiger partial charge >= 0.3 is 0 Å². The zero-order chi connectivity index (χ0) is 16.6. The predicted molar refractivity (Wildman–Crippen MR) is 100 cm³/mol. The molecular weight excluding hydrogens is 395 g/mol. The summed E-state index contributed by atoms with van der Waals surface area (Å²) in [5.41, 5.74) is 2.76. The predicted octanol–water partition coefficient (Wildman–Crippen LogP) is 7.68. The first-order valence-electron chi connectivity index (χ1n) is 6.54. The molecule has 0 radical (unpaired) electrons. The Hall–Kier alpha value is -0.960. The van der Waals surface area contributed by atoms with E-state index in [-0.39, 0.29) is 0 Å². The van der Waals surface area contributed by atoms with Crippen molar-refractivity contribution in [1.82, 2.24) is 4.98 Å². The lowest BCUT2D eigenvalue weighted by Crippen LogP contribution is -1.90. The fourth-order valence-electron chi connectivity index (χ4n) is 2.20. The number of halogens is 5. The van der Waals surface area contributed by atoms with Crippen molar-refractivity contribution in [3.63, 3.8) is 0 Å². The quantitative estimate of drug-likeness (QED) is 0.400. The van der Waals surface area contributed by atoms with Crippen molar-refractivity contribution in [2.24, 2.45) is 0 Å². The lowest BCUT2D eigenvalue weighted by atomic mass is 10.1. The smallest absolute Gasteiger partial charge is 0.137 e. The summed E-state index contributed by atoms with van der Waals surface area (Å²) in [6.45, 7) is 0. The number of hydrogen-bond donors (Lipinski definition) is 0. The van der Waals surface area contributed by atoms with Gasteiger partial charge in [-0.15, -0.1) is 0 Å². The normalized spacial score (nSPS) is 10.8. The van der Waals surface area contributed by atoms with Gasteiger partial charge in [0.1, 0.15) is 5.15 Å². The SMILES string of the molecule is Clc1cccc(-c2ccc(-c3cccc(Cl)c3Cl)c(Cl)n2)c1Cl. The van der Waals surface area contributed by atoms with Crippen molar-refractivity contribution >= 4 is 58.0 Å². The van der Waals surface area contributed by atoms with Gasteiger partial charge in [0.2, 0.25) is 0 Å². The van der Waals surface area contributed by atoms with Crippen LogP contribution in [0.3, 0.4) is 0 Å². The van der Waals surface area contributed by atoms with Crippen molar-refractivity contribution in [3.8, 4) is 22.4 Å². The second-order valence-corrected chi connectivity index (χ2v) is 6.67. The van der Waals surface area contributed by atoms with E-state index >= 15 is 0 Å². The van der Waals surface area contributed by atoms with Crippen LogP contribution in [0.5, 0.6) is 0 Å². The molecule has 116 valence electrons. The van der Waals surface area contributed by atoms with Gasteiger partial charge in [0.15, 0.2) is 0 Å². The lowest BCUT2D eigenvalue weighted by Gasteiger charge is -2.10.